The van der Waals surface area contributed by atoms with Crippen LogP contribution in [0.15, 0.2) is 54.6 Å². The van der Waals surface area contributed by atoms with Crippen molar-refractivity contribution < 1.29 is 9.53 Å². The van der Waals surface area contributed by atoms with E-state index in [9.17, 15) is 4.79 Å². The standard InChI is InChI=1S/C19H24N2O2/c1-23-19(22)18-9-5-8-17(14-18)15-21(13-11-20)12-10-16-6-3-2-4-7-16/h2-9,14H,10-13,15,20H2,1H3. The van der Waals surface area contributed by atoms with Gasteiger partial charge in [0.1, 0.15) is 0 Å². The van der Waals surface area contributed by atoms with Gasteiger partial charge in [0.05, 0.1) is 12.7 Å². The third-order valence-corrected chi connectivity index (χ3v) is 3.76. The number of nitrogens with two attached hydrogens (primary N) is 1. The minimum atomic E-state index is -0.304. The van der Waals surface area contributed by atoms with E-state index in [1.165, 1.54) is 12.7 Å². The van der Waals surface area contributed by atoms with Gasteiger partial charge >= 0.3 is 5.97 Å². The highest BCUT2D eigenvalue weighted by Crippen LogP contribution is 2.10. The zero-order chi connectivity index (χ0) is 16.5. The van der Waals surface area contributed by atoms with E-state index in [-0.39, 0.29) is 5.97 Å². The molecular formula is C19H24N2O2. The minimum absolute atomic E-state index is 0.304. The number of esters is 1. The maximum absolute atomic E-state index is 11.6. The number of rotatable bonds is 8. The van der Waals surface area contributed by atoms with E-state index < -0.39 is 0 Å². The normalized spacial score (nSPS) is 10.7. The lowest BCUT2D eigenvalue weighted by atomic mass is 10.1. The van der Waals surface area contributed by atoms with Crippen molar-refractivity contribution in [3.8, 4) is 0 Å². The Hall–Kier alpha value is -2.17. The van der Waals surface area contributed by atoms with Crippen LogP contribution in [0.5, 0.6) is 0 Å². The Kier molecular flexibility index (Phi) is 6.78. The molecule has 0 heterocycles. The fourth-order valence-electron chi connectivity index (χ4n) is 2.56. The highest BCUT2D eigenvalue weighted by atomic mass is 16.5. The smallest absolute Gasteiger partial charge is 0.337 e. The molecule has 0 radical (unpaired) electrons. The van der Waals surface area contributed by atoms with Crippen LogP contribution >= 0.6 is 0 Å². The number of nitrogens with zero attached hydrogens (tertiary/aromatic N) is 1. The molecule has 0 amide bonds. The van der Waals surface area contributed by atoms with Crippen LogP contribution in [-0.2, 0) is 17.7 Å². The highest BCUT2D eigenvalue weighted by Gasteiger charge is 2.09. The Morgan fingerprint density at radius 1 is 1.04 bits per heavy atom. The molecule has 0 fully saturated rings. The molecule has 0 aromatic heterocycles. The first-order chi connectivity index (χ1) is 11.2. The number of carbonyl (C=O) groups is 1. The number of ether oxygens (including phenoxy) is 1. The second kappa shape index (κ2) is 9.08. The fraction of sp³-hybridized carbons (Fsp3) is 0.316. The van der Waals surface area contributed by atoms with Gasteiger partial charge in [0.2, 0.25) is 0 Å². The molecule has 2 N–H and O–H groups in total. The van der Waals surface area contributed by atoms with Crippen molar-refractivity contribution >= 4 is 5.97 Å². The first-order valence-corrected chi connectivity index (χ1v) is 7.86. The van der Waals surface area contributed by atoms with Crippen LogP contribution in [0, 0.1) is 0 Å². The Labute approximate surface area is 137 Å². The number of carbonyl (C=O) groups excluding carboxylic acids is 1. The third kappa shape index (κ3) is 5.51. The number of benzene rings is 2. The SMILES string of the molecule is COC(=O)c1cccc(CN(CCN)CCc2ccccc2)c1. The van der Waals surface area contributed by atoms with Crippen LogP contribution in [0.3, 0.4) is 0 Å². The highest BCUT2D eigenvalue weighted by molar-refractivity contribution is 5.89. The van der Waals surface area contributed by atoms with Gasteiger partial charge in [0.15, 0.2) is 0 Å². The second-order valence-electron chi connectivity index (χ2n) is 5.49. The maximum Gasteiger partial charge on any atom is 0.337 e. The third-order valence-electron chi connectivity index (χ3n) is 3.76. The lowest BCUT2D eigenvalue weighted by molar-refractivity contribution is 0.0600. The van der Waals surface area contributed by atoms with E-state index in [1.807, 2.05) is 24.3 Å². The molecule has 0 unspecified atom stereocenters. The summed E-state index contributed by atoms with van der Waals surface area (Å²) in [6.45, 7) is 3.15. The second-order valence-corrected chi connectivity index (χ2v) is 5.49. The van der Waals surface area contributed by atoms with Crippen LogP contribution in [0.4, 0.5) is 0 Å². The minimum Gasteiger partial charge on any atom is -0.465 e. The molecule has 0 spiro atoms. The molecular weight excluding hydrogens is 288 g/mol. The van der Waals surface area contributed by atoms with Gasteiger partial charge in [-0.05, 0) is 29.7 Å². The van der Waals surface area contributed by atoms with Gasteiger partial charge in [-0.3, -0.25) is 4.90 Å². The zero-order valence-corrected chi connectivity index (χ0v) is 13.6. The Balaban J connectivity index is 1.99. The predicted octanol–water partition coefficient (Wildman–Crippen LogP) is 2.48. The number of methoxy groups -OCH3 is 1. The molecule has 0 saturated carbocycles. The zero-order valence-electron chi connectivity index (χ0n) is 13.6. The summed E-state index contributed by atoms with van der Waals surface area (Å²) >= 11 is 0. The van der Waals surface area contributed by atoms with Crippen LogP contribution in [-0.4, -0.2) is 37.6 Å². The molecule has 0 atom stereocenters. The van der Waals surface area contributed by atoms with Crippen LogP contribution in [0.1, 0.15) is 21.5 Å². The largest absolute Gasteiger partial charge is 0.465 e. The van der Waals surface area contributed by atoms with Crippen LogP contribution in [0.2, 0.25) is 0 Å². The van der Waals surface area contributed by atoms with E-state index >= 15 is 0 Å². The van der Waals surface area contributed by atoms with Crippen molar-refractivity contribution in [3.05, 3.63) is 71.3 Å². The van der Waals surface area contributed by atoms with E-state index in [4.69, 9.17) is 10.5 Å². The van der Waals surface area contributed by atoms with Gasteiger partial charge in [-0.15, -0.1) is 0 Å². The summed E-state index contributed by atoms with van der Waals surface area (Å²) < 4.78 is 4.78. The molecule has 2 aromatic rings. The topological polar surface area (TPSA) is 55.6 Å². The average Bonchev–Trinajstić information content (AvgIpc) is 2.60. The van der Waals surface area contributed by atoms with Crippen molar-refractivity contribution in [3.63, 3.8) is 0 Å². The van der Waals surface area contributed by atoms with Gasteiger partial charge in [-0.2, -0.15) is 0 Å². The summed E-state index contributed by atoms with van der Waals surface area (Å²) in [6.07, 6.45) is 0.984. The molecule has 0 bridgehead atoms. The van der Waals surface area contributed by atoms with Crippen LogP contribution < -0.4 is 5.73 Å². The first-order valence-electron chi connectivity index (χ1n) is 7.86. The number of hydrogen-bond donors (Lipinski definition) is 1. The van der Waals surface area contributed by atoms with E-state index in [0.717, 1.165) is 31.6 Å². The first kappa shape index (κ1) is 17.2. The van der Waals surface area contributed by atoms with Gasteiger partial charge in [-0.1, -0.05) is 42.5 Å². The van der Waals surface area contributed by atoms with Crippen molar-refractivity contribution in [2.45, 2.75) is 13.0 Å². The van der Waals surface area contributed by atoms with Gasteiger partial charge in [-0.25, -0.2) is 4.79 Å². The van der Waals surface area contributed by atoms with Crippen molar-refractivity contribution in [2.75, 3.05) is 26.7 Å². The molecule has 0 aliphatic heterocycles. The molecule has 23 heavy (non-hydrogen) atoms. The molecule has 4 heteroatoms. The van der Waals surface area contributed by atoms with E-state index in [0.29, 0.717) is 12.1 Å². The molecule has 0 aliphatic rings. The lowest BCUT2D eigenvalue weighted by Crippen LogP contribution is -2.31. The van der Waals surface area contributed by atoms with E-state index in [2.05, 4.69) is 29.2 Å². The van der Waals surface area contributed by atoms with Gasteiger partial charge < -0.3 is 10.5 Å². The predicted molar refractivity (Wildman–Crippen MR) is 92.3 cm³/mol. The number of hydrogen-bond acceptors (Lipinski definition) is 4. The Morgan fingerprint density at radius 2 is 1.78 bits per heavy atom. The fourth-order valence-corrected chi connectivity index (χ4v) is 2.56. The molecule has 4 nitrogen and oxygen atoms in total. The van der Waals surface area contributed by atoms with Crippen molar-refractivity contribution in [2.24, 2.45) is 5.73 Å². The summed E-state index contributed by atoms with van der Waals surface area (Å²) in [6, 6.07) is 18.0. The average molecular weight is 312 g/mol. The van der Waals surface area contributed by atoms with Crippen LogP contribution in [0.25, 0.3) is 0 Å². The summed E-state index contributed by atoms with van der Waals surface area (Å²) in [5, 5.41) is 0. The summed E-state index contributed by atoms with van der Waals surface area (Å²) in [5.74, 6) is -0.304. The van der Waals surface area contributed by atoms with Crippen molar-refractivity contribution in [1.82, 2.24) is 4.90 Å². The molecule has 0 aliphatic carbocycles. The monoisotopic (exact) mass is 312 g/mol. The van der Waals surface area contributed by atoms with Gasteiger partial charge in [0, 0.05) is 26.2 Å². The molecule has 2 aromatic carbocycles. The lowest BCUT2D eigenvalue weighted by Gasteiger charge is -2.22. The molecule has 2 rings (SSSR count). The quantitative estimate of drug-likeness (QED) is 0.761. The summed E-state index contributed by atoms with van der Waals surface area (Å²) in [7, 11) is 1.40. The van der Waals surface area contributed by atoms with Gasteiger partial charge in [0.25, 0.3) is 0 Å². The Bertz CT molecular complexity index is 614. The summed E-state index contributed by atoms with van der Waals surface area (Å²) in [4.78, 5) is 13.9. The molecule has 0 saturated heterocycles. The van der Waals surface area contributed by atoms with Crippen molar-refractivity contribution in [1.29, 1.82) is 0 Å². The van der Waals surface area contributed by atoms with E-state index in [1.54, 1.807) is 6.07 Å². The summed E-state index contributed by atoms with van der Waals surface area (Å²) in [5.41, 5.74) is 8.73. The maximum atomic E-state index is 11.6. The molecule has 122 valence electrons. The Morgan fingerprint density at radius 3 is 2.48 bits per heavy atom.